The van der Waals surface area contributed by atoms with Crippen LogP contribution >= 0.6 is 0 Å². The lowest BCUT2D eigenvalue weighted by Crippen LogP contribution is -2.53. The molecule has 1 atom stereocenters. The average Bonchev–Trinajstić information content (AvgIpc) is 2.17. The van der Waals surface area contributed by atoms with Crippen molar-refractivity contribution in [2.75, 3.05) is 6.54 Å². The lowest BCUT2D eigenvalue weighted by atomic mass is 10.1. The van der Waals surface area contributed by atoms with Crippen molar-refractivity contribution in [2.45, 2.75) is 39.3 Å². The summed E-state index contributed by atoms with van der Waals surface area (Å²) in [4.78, 5) is 22.6. The van der Waals surface area contributed by atoms with E-state index in [9.17, 15) is 9.59 Å². The highest BCUT2D eigenvalue weighted by Gasteiger charge is 2.22. The molecule has 0 aliphatic carbocycles. The Morgan fingerprint density at radius 2 is 2.00 bits per heavy atom. The Morgan fingerprint density at radius 3 is 2.44 bits per heavy atom. The van der Waals surface area contributed by atoms with Crippen molar-refractivity contribution in [1.29, 1.82) is 0 Å². The molecule has 5 heteroatoms. The molecule has 3 N–H and O–H groups in total. The summed E-state index contributed by atoms with van der Waals surface area (Å²) in [7, 11) is 0. The van der Waals surface area contributed by atoms with E-state index in [2.05, 4.69) is 21.9 Å². The van der Waals surface area contributed by atoms with Crippen molar-refractivity contribution >= 4 is 11.9 Å². The summed E-state index contributed by atoms with van der Waals surface area (Å²) >= 11 is 0. The highest BCUT2D eigenvalue weighted by Crippen LogP contribution is 2.00. The van der Waals surface area contributed by atoms with Crippen LogP contribution < -0.4 is 16.0 Å². The Bertz CT molecular complexity index is 305. The minimum absolute atomic E-state index is 0.408. The van der Waals surface area contributed by atoms with Crippen LogP contribution in [0.15, 0.2) is 0 Å². The molecule has 5 nitrogen and oxygen atoms in total. The summed E-state index contributed by atoms with van der Waals surface area (Å²) in [6.45, 7) is 7.45. The Kier molecular flexibility index (Phi) is 5.54. The van der Waals surface area contributed by atoms with Crippen LogP contribution in [0.4, 0.5) is 4.79 Å². The van der Waals surface area contributed by atoms with Gasteiger partial charge >= 0.3 is 6.03 Å². The molecule has 0 aliphatic rings. The first-order chi connectivity index (χ1) is 7.32. The van der Waals surface area contributed by atoms with Gasteiger partial charge in [-0.15, -0.1) is 6.42 Å². The van der Waals surface area contributed by atoms with Crippen molar-refractivity contribution in [1.82, 2.24) is 16.0 Å². The van der Waals surface area contributed by atoms with Gasteiger partial charge in [-0.2, -0.15) is 0 Å². The number of carbonyl (C=O) groups is 2. The van der Waals surface area contributed by atoms with E-state index in [0.717, 1.165) is 0 Å². The molecule has 0 radical (unpaired) electrons. The van der Waals surface area contributed by atoms with Crippen LogP contribution in [0.3, 0.4) is 0 Å². The third kappa shape index (κ3) is 5.37. The first-order valence-corrected chi connectivity index (χ1v) is 5.16. The standard InChI is InChI=1S/C11H19N3O2/c1-6-11(4,5)14-8(3)9(15)13-10(16)12-7-2/h1,8,14H,7H2,2-5H3,(H2,12,13,15,16). The minimum Gasteiger partial charge on any atom is -0.338 e. The van der Waals surface area contributed by atoms with E-state index < -0.39 is 23.5 Å². The molecule has 0 aromatic heterocycles. The second-order valence-electron chi connectivity index (χ2n) is 3.98. The quantitative estimate of drug-likeness (QED) is 0.599. The van der Waals surface area contributed by atoms with E-state index in [4.69, 9.17) is 6.42 Å². The number of rotatable bonds is 4. The maximum Gasteiger partial charge on any atom is 0.321 e. The van der Waals surface area contributed by atoms with Crippen LogP contribution in [0.25, 0.3) is 0 Å². The van der Waals surface area contributed by atoms with Gasteiger partial charge in [0.1, 0.15) is 0 Å². The molecule has 0 fully saturated rings. The van der Waals surface area contributed by atoms with Crippen LogP contribution in [-0.4, -0.2) is 30.1 Å². The number of hydrogen-bond donors (Lipinski definition) is 3. The van der Waals surface area contributed by atoms with Gasteiger partial charge in [-0.05, 0) is 27.7 Å². The van der Waals surface area contributed by atoms with E-state index >= 15 is 0 Å². The number of carbonyl (C=O) groups excluding carboxylic acids is 2. The Morgan fingerprint density at radius 1 is 1.44 bits per heavy atom. The fourth-order valence-corrected chi connectivity index (χ4v) is 1.07. The van der Waals surface area contributed by atoms with E-state index in [1.54, 1.807) is 27.7 Å². The smallest absolute Gasteiger partial charge is 0.321 e. The zero-order valence-electron chi connectivity index (χ0n) is 10.2. The molecule has 0 spiro atoms. The van der Waals surface area contributed by atoms with Gasteiger partial charge in [-0.3, -0.25) is 15.4 Å². The van der Waals surface area contributed by atoms with E-state index in [-0.39, 0.29) is 0 Å². The van der Waals surface area contributed by atoms with Crippen molar-refractivity contribution in [3.05, 3.63) is 0 Å². The lowest BCUT2D eigenvalue weighted by molar-refractivity contribution is -0.122. The second-order valence-corrected chi connectivity index (χ2v) is 3.98. The van der Waals surface area contributed by atoms with E-state index in [1.165, 1.54) is 0 Å². The first-order valence-electron chi connectivity index (χ1n) is 5.16. The van der Waals surface area contributed by atoms with Gasteiger partial charge in [0.15, 0.2) is 0 Å². The van der Waals surface area contributed by atoms with Crippen molar-refractivity contribution in [3.8, 4) is 12.3 Å². The van der Waals surface area contributed by atoms with Crippen LogP contribution in [0.1, 0.15) is 27.7 Å². The molecule has 0 rings (SSSR count). The Hall–Kier alpha value is -1.54. The minimum atomic E-state index is -0.585. The molecule has 0 aliphatic heterocycles. The van der Waals surface area contributed by atoms with Crippen LogP contribution in [0.2, 0.25) is 0 Å². The van der Waals surface area contributed by atoms with Crippen molar-refractivity contribution in [2.24, 2.45) is 0 Å². The number of amides is 3. The summed E-state index contributed by atoms with van der Waals surface area (Å²) in [6, 6.07) is -1.03. The summed E-state index contributed by atoms with van der Waals surface area (Å²) in [5.41, 5.74) is -0.585. The number of urea groups is 1. The second kappa shape index (κ2) is 6.13. The molecule has 0 aromatic carbocycles. The lowest BCUT2D eigenvalue weighted by Gasteiger charge is -2.24. The molecule has 90 valence electrons. The summed E-state index contributed by atoms with van der Waals surface area (Å²) in [5, 5.41) is 7.60. The van der Waals surface area contributed by atoms with Crippen molar-refractivity contribution in [3.63, 3.8) is 0 Å². The molecule has 0 aromatic rings. The number of nitrogens with one attached hydrogen (secondary N) is 3. The average molecular weight is 225 g/mol. The van der Waals surface area contributed by atoms with Gasteiger partial charge in [-0.1, -0.05) is 5.92 Å². The molecule has 0 bridgehead atoms. The first kappa shape index (κ1) is 14.5. The Labute approximate surface area is 96.4 Å². The maximum atomic E-state index is 11.5. The molecule has 0 saturated carbocycles. The molecular formula is C11H19N3O2. The highest BCUT2D eigenvalue weighted by molar-refractivity contribution is 5.96. The summed E-state index contributed by atoms with van der Waals surface area (Å²) < 4.78 is 0. The Balaban J connectivity index is 4.21. The van der Waals surface area contributed by atoms with Gasteiger partial charge in [0.25, 0.3) is 0 Å². The van der Waals surface area contributed by atoms with Crippen LogP contribution in [0.5, 0.6) is 0 Å². The number of terminal acetylenes is 1. The highest BCUT2D eigenvalue weighted by atomic mass is 16.2. The van der Waals surface area contributed by atoms with Crippen molar-refractivity contribution < 1.29 is 9.59 Å². The zero-order chi connectivity index (χ0) is 12.8. The summed E-state index contributed by atoms with van der Waals surface area (Å²) in [5.74, 6) is 2.11. The van der Waals surface area contributed by atoms with Gasteiger partial charge < -0.3 is 5.32 Å². The zero-order valence-corrected chi connectivity index (χ0v) is 10.2. The maximum absolute atomic E-state index is 11.5. The van der Waals surface area contributed by atoms with Gasteiger partial charge in [-0.25, -0.2) is 4.79 Å². The predicted octanol–water partition coefficient (Wildman–Crippen LogP) is 0.222. The largest absolute Gasteiger partial charge is 0.338 e. The molecule has 1 unspecified atom stereocenters. The molecule has 16 heavy (non-hydrogen) atoms. The number of hydrogen-bond acceptors (Lipinski definition) is 3. The predicted molar refractivity (Wildman–Crippen MR) is 62.7 cm³/mol. The van der Waals surface area contributed by atoms with E-state index in [0.29, 0.717) is 6.54 Å². The van der Waals surface area contributed by atoms with Crippen LogP contribution in [0, 0.1) is 12.3 Å². The molecule has 0 saturated heterocycles. The SMILES string of the molecule is C#CC(C)(C)NC(C)C(=O)NC(=O)NCC. The third-order valence-electron chi connectivity index (χ3n) is 1.91. The molecule has 0 heterocycles. The van der Waals surface area contributed by atoms with E-state index in [1.807, 2.05) is 0 Å². The fraction of sp³-hybridized carbons (Fsp3) is 0.636. The van der Waals surface area contributed by atoms with Crippen LogP contribution in [-0.2, 0) is 4.79 Å². The molecular weight excluding hydrogens is 206 g/mol. The number of imide groups is 1. The molecule has 3 amide bonds. The van der Waals surface area contributed by atoms with Gasteiger partial charge in [0, 0.05) is 6.54 Å². The topological polar surface area (TPSA) is 70.2 Å². The summed E-state index contributed by atoms with van der Waals surface area (Å²) in [6.07, 6.45) is 5.28. The van der Waals surface area contributed by atoms with Gasteiger partial charge in [0.05, 0.1) is 11.6 Å². The fourth-order valence-electron chi connectivity index (χ4n) is 1.07. The monoisotopic (exact) mass is 225 g/mol. The normalized spacial score (nSPS) is 12.4. The third-order valence-corrected chi connectivity index (χ3v) is 1.91. The van der Waals surface area contributed by atoms with Gasteiger partial charge in [0.2, 0.25) is 5.91 Å².